The molecule has 0 amide bonds. The van der Waals surface area contributed by atoms with Gasteiger partial charge < -0.3 is 5.32 Å². The second-order valence-electron chi connectivity index (χ2n) is 5.17. The van der Waals surface area contributed by atoms with Crippen molar-refractivity contribution >= 4 is 0 Å². The largest absolute Gasteiger partial charge is 0.309 e. The molecule has 0 radical (unpaired) electrons. The van der Waals surface area contributed by atoms with Crippen LogP contribution in [0.4, 0.5) is 0 Å². The Morgan fingerprint density at radius 1 is 1.10 bits per heavy atom. The van der Waals surface area contributed by atoms with Crippen LogP contribution in [0.25, 0.3) is 0 Å². The summed E-state index contributed by atoms with van der Waals surface area (Å²) in [5.74, 6) is 0.904. The fourth-order valence-electron chi connectivity index (χ4n) is 2.66. The van der Waals surface area contributed by atoms with Crippen LogP contribution in [-0.2, 0) is 6.54 Å². The molecule has 4 nitrogen and oxygen atoms in total. The van der Waals surface area contributed by atoms with E-state index in [1.807, 2.05) is 18.5 Å². The molecule has 1 atom stereocenters. The number of benzene rings is 1. The van der Waals surface area contributed by atoms with Gasteiger partial charge in [0.2, 0.25) is 0 Å². The van der Waals surface area contributed by atoms with E-state index in [4.69, 9.17) is 0 Å². The predicted octanol–water partition coefficient (Wildman–Crippen LogP) is 2.01. The van der Waals surface area contributed by atoms with Gasteiger partial charge in [0, 0.05) is 25.0 Å². The predicted molar refractivity (Wildman–Crippen MR) is 79.1 cm³/mol. The highest BCUT2D eigenvalue weighted by Crippen LogP contribution is 2.17. The number of nitrogens with zero attached hydrogens (tertiary/aromatic N) is 3. The van der Waals surface area contributed by atoms with Crippen molar-refractivity contribution in [3.8, 4) is 0 Å². The van der Waals surface area contributed by atoms with Crippen LogP contribution < -0.4 is 5.32 Å². The van der Waals surface area contributed by atoms with Crippen molar-refractivity contribution in [2.45, 2.75) is 19.0 Å². The van der Waals surface area contributed by atoms with Crippen LogP contribution in [0.15, 0.2) is 48.8 Å². The van der Waals surface area contributed by atoms with E-state index in [1.54, 1.807) is 0 Å². The minimum absolute atomic E-state index is 0.391. The van der Waals surface area contributed by atoms with Gasteiger partial charge in [-0.25, -0.2) is 9.97 Å². The van der Waals surface area contributed by atoms with Gasteiger partial charge in [0.15, 0.2) is 0 Å². The van der Waals surface area contributed by atoms with Crippen molar-refractivity contribution in [1.82, 2.24) is 20.2 Å². The maximum Gasteiger partial charge on any atom is 0.142 e. The lowest BCUT2D eigenvalue weighted by molar-refractivity contribution is 0.254. The average Bonchev–Trinajstić information content (AvgIpc) is 2.75. The summed E-state index contributed by atoms with van der Waals surface area (Å²) in [6.45, 7) is 3.98. The molecule has 1 unspecified atom stereocenters. The maximum atomic E-state index is 4.33. The second-order valence-corrected chi connectivity index (χ2v) is 5.17. The Hall–Kier alpha value is -1.78. The zero-order valence-corrected chi connectivity index (χ0v) is 11.6. The van der Waals surface area contributed by atoms with E-state index in [1.165, 1.54) is 5.56 Å². The van der Waals surface area contributed by atoms with Gasteiger partial charge in [-0.15, -0.1) is 0 Å². The minimum Gasteiger partial charge on any atom is -0.309 e. The average molecular weight is 268 g/mol. The molecule has 0 bridgehead atoms. The van der Waals surface area contributed by atoms with Gasteiger partial charge in [0.05, 0.1) is 6.54 Å². The molecule has 20 heavy (non-hydrogen) atoms. The van der Waals surface area contributed by atoms with Crippen molar-refractivity contribution < 1.29 is 0 Å². The van der Waals surface area contributed by atoms with Gasteiger partial charge >= 0.3 is 0 Å². The molecule has 0 saturated carbocycles. The number of hydrogen-bond donors (Lipinski definition) is 1. The summed E-state index contributed by atoms with van der Waals surface area (Å²) in [5.41, 5.74) is 1.35. The van der Waals surface area contributed by atoms with E-state index in [0.29, 0.717) is 6.04 Å². The normalized spacial score (nSPS) is 20.5. The molecule has 1 fully saturated rings. The molecule has 4 heteroatoms. The van der Waals surface area contributed by atoms with E-state index >= 15 is 0 Å². The van der Waals surface area contributed by atoms with E-state index in [-0.39, 0.29) is 0 Å². The van der Waals surface area contributed by atoms with Crippen molar-refractivity contribution in [2.24, 2.45) is 0 Å². The Bertz CT molecular complexity index is 515. The molecule has 1 aliphatic rings. The molecule has 1 aromatic carbocycles. The van der Waals surface area contributed by atoms with Crippen LogP contribution >= 0.6 is 0 Å². The smallest absolute Gasteiger partial charge is 0.142 e. The molecule has 0 spiro atoms. The van der Waals surface area contributed by atoms with Gasteiger partial charge in [-0.1, -0.05) is 30.3 Å². The molecule has 1 saturated heterocycles. The Labute approximate surface area is 119 Å². The van der Waals surface area contributed by atoms with Crippen LogP contribution in [-0.4, -0.2) is 34.5 Å². The van der Waals surface area contributed by atoms with E-state index in [0.717, 1.165) is 38.4 Å². The molecule has 3 rings (SSSR count). The van der Waals surface area contributed by atoms with Gasteiger partial charge in [-0.3, -0.25) is 4.90 Å². The molecule has 0 aliphatic carbocycles. The SMILES string of the molecule is c1ccc(C2CN(Cc3ncccn3)CCCN2)cc1. The first kappa shape index (κ1) is 13.2. The Kier molecular flexibility index (Phi) is 4.35. The number of aromatic nitrogens is 2. The van der Waals surface area contributed by atoms with E-state index in [2.05, 4.69) is 50.5 Å². The van der Waals surface area contributed by atoms with Crippen LogP contribution in [0, 0.1) is 0 Å². The van der Waals surface area contributed by atoms with Gasteiger partial charge in [0.1, 0.15) is 5.82 Å². The van der Waals surface area contributed by atoms with Crippen LogP contribution in [0.2, 0.25) is 0 Å². The fraction of sp³-hybridized carbons (Fsp3) is 0.375. The lowest BCUT2D eigenvalue weighted by Crippen LogP contribution is -2.31. The monoisotopic (exact) mass is 268 g/mol. The first-order valence-electron chi connectivity index (χ1n) is 7.18. The number of rotatable bonds is 3. The molecule has 2 aromatic rings. The fourth-order valence-corrected chi connectivity index (χ4v) is 2.66. The van der Waals surface area contributed by atoms with Crippen LogP contribution in [0.1, 0.15) is 23.9 Å². The van der Waals surface area contributed by atoms with Crippen molar-refractivity contribution in [3.63, 3.8) is 0 Å². The standard InChI is InChI=1S/C16H20N4/c1-2-6-14(7-3-1)15-12-20(11-5-10-17-15)13-16-18-8-4-9-19-16/h1-4,6-9,15,17H,5,10-13H2. The summed E-state index contributed by atoms with van der Waals surface area (Å²) in [5, 5.41) is 3.63. The van der Waals surface area contributed by atoms with E-state index < -0.39 is 0 Å². The molecule has 104 valence electrons. The Morgan fingerprint density at radius 2 is 1.90 bits per heavy atom. The number of nitrogens with one attached hydrogen (secondary N) is 1. The summed E-state index contributed by atoms with van der Waals surface area (Å²) in [7, 11) is 0. The zero-order valence-electron chi connectivity index (χ0n) is 11.6. The molecule has 1 N–H and O–H groups in total. The Morgan fingerprint density at radius 3 is 2.70 bits per heavy atom. The quantitative estimate of drug-likeness (QED) is 0.924. The second kappa shape index (κ2) is 6.59. The van der Waals surface area contributed by atoms with Gasteiger partial charge in [0.25, 0.3) is 0 Å². The third-order valence-corrected chi connectivity index (χ3v) is 3.67. The van der Waals surface area contributed by atoms with Gasteiger partial charge in [-0.2, -0.15) is 0 Å². The molecular formula is C16H20N4. The summed E-state index contributed by atoms with van der Waals surface area (Å²) >= 11 is 0. The molecular weight excluding hydrogens is 248 g/mol. The number of hydrogen-bond acceptors (Lipinski definition) is 4. The van der Waals surface area contributed by atoms with E-state index in [9.17, 15) is 0 Å². The summed E-state index contributed by atoms with van der Waals surface area (Å²) in [6, 6.07) is 12.9. The highest BCUT2D eigenvalue weighted by Gasteiger charge is 2.19. The first-order valence-corrected chi connectivity index (χ1v) is 7.18. The van der Waals surface area contributed by atoms with Crippen molar-refractivity contribution in [1.29, 1.82) is 0 Å². The lowest BCUT2D eigenvalue weighted by atomic mass is 10.1. The third-order valence-electron chi connectivity index (χ3n) is 3.67. The zero-order chi connectivity index (χ0) is 13.6. The first-order chi connectivity index (χ1) is 9.92. The van der Waals surface area contributed by atoms with Crippen molar-refractivity contribution in [2.75, 3.05) is 19.6 Å². The van der Waals surface area contributed by atoms with Crippen molar-refractivity contribution in [3.05, 3.63) is 60.2 Å². The minimum atomic E-state index is 0.391. The summed E-state index contributed by atoms with van der Waals surface area (Å²) < 4.78 is 0. The Balaban J connectivity index is 1.69. The summed E-state index contributed by atoms with van der Waals surface area (Å²) in [4.78, 5) is 11.1. The van der Waals surface area contributed by atoms with Crippen LogP contribution in [0.5, 0.6) is 0 Å². The third kappa shape index (κ3) is 3.40. The molecule has 2 heterocycles. The summed E-state index contributed by atoms with van der Waals surface area (Å²) in [6.07, 6.45) is 4.79. The molecule has 1 aliphatic heterocycles. The topological polar surface area (TPSA) is 41.1 Å². The highest BCUT2D eigenvalue weighted by atomic mass is 15.2. The lowest BCUT2D eigenvalue weighted by Gasteiger charge is -2.24. The van der Waals surface area contributed by atoms with Gasteiger partial charge in [-0.05, 0) is 31.1 Å². The van der Waals surface area contributed by atoms with Crippen LogP contribution in [0.3, 0.4) is 0 Å². The highest BCUT2D eigenvalue weighted by molar-refractivity contribution is 5.19. The molecule has 1 aromatic heterocycles. The maximum absolute atomic E-state index is 4.33.